The molecule has 192 valence electrons. The molecular formula is C27H16F6N4O. The van der Waals surface area contributed by atoms with Gasteiger partial charge in [-0.2, -0.15) is 18.3 Å². The van der Waals surface area contributed by atoms with Crippen LogP contribution in [-0.2, 0) is 6.18 Å². The minimum atomic E-state index is -4.84. The summed E-state index contributed by atoms with van der Waals surface area (Å²) in [5.41, 5.74) is -0.929. The monoisotopic (exact) mass is 526 g/mol. The van der Waals surface area contributed by atoms with Crippen molar-refractivity contribution in [1.29, 1.82) is 0 Å². The summed E-state index contributed by atoms with van der Waals surface area (Å²) < 4.78 is 84.4. The molecule has 2 heterocycles. The van der Waals surface area contributed by atoms with Crippen molar-refractivity contribution in [3.05, 3.63) is 108 Å². The number of hydrogen-bond acceptors (Lipinski definition) is 3. The number of rotatable bonds is 4. The second-order valence-corrected chi connectivity index (χ2v) is 8.32. The second kappa shape index (κ2) is 9.33. The van der Waals surface area contributed by atoms with E-state index in [-0.39, 0.29) is 28.2 Å². The van der Waals surface area contributed by atoms with Gasteiger partial charge in [0.2, 0.25) is 0 Å². The minimum absolute atomic E-state index is 0.105. The standard InChI is InChI=1S/C27H16F6N4O/c1-36(17-8-6-16(28)7-9-17)26(38)20-13-15(5-10-21(20)27(31,32)33)18-11-12-35-37-23(14-34-25(18)37)19-3-2-4-22(29)24(19)30/h2-14H,1H3. The highest BCUT2D eigenvalue weighted by molar-refractivity contribution is 6.07. The van der Waals surface area contributed by atoms with Crippen LogP contribution in [0, 0.1) is 17.5 Å². The lowest BCUT2D eigenvalue weighted by Crippen LogP contribution is -2.28. The van der Waals surface area contributed by atoms with E-state index in [2.05, 4.69) is 10.1 Å². The number of anilines is 1. The molecule has 0 aliphatic rings. The Morgan fingerprint density at radius 1 is 0.921 bits per heavy atom. The largest absolute Gasteiger partial charge is 0.417 e. The van der Waals surface area contributed by atoms with E-state index in [1.807, 2.05) is 0 Å². The molecular weight excluding hydrogens is 510 g/mol. The van der Waals surface area contributed by atoms with Crippen molar-refractivity contribution in [3.8, 4) is 22.4 Å². The number of nitrogens with zero attached hydrogens (tertiary/aromatic N) is 4. The molecule has 1 amide bonds. The zero-order valence-corrected chi connectivity index (χ0v) is 19.5. The fraction of sp³-hybridized carbons (Fsp3) is 0.0741. The van der Waals surface area contributed by atoms with E-state index in [9.17, 15) is 31.1 Å². The van der Waals surface area contributed by atoms with Gasteiger partial charge < -0.3 is 4.90 Å². The van der Waals surface area contributed by atoms with Crippen LogP contribution < -0.4 is 4.90 Å². The maximum absolute atomic E-state index is 14.4. The normalized spacial score (nSPS) is 11.7. The number of benzene rings is 3. The average molecular weight is 526 g/mol. The Bertz CT molecular complexity index is 1680. The number of amides is 1. The van der Waals surface area contributed by atoms with Crippen molar-refractivity contribution < 1.29 is 31.1 Å². The van der Waals surface area contributed by atoms with Crippen molar-refractivity contribution in [2.45, 2.75) is 6.18 Å². The summed E-state index contributed by atoms with van der Waals surface area (Å²) in [6.07, 6.45) is -2.24. The Hall–Kier alpha value is -4.67. The van der Waals surface area contributed by atoms with Crippen LogP contribution in [0.5, 0.6) is 0 Å². The van der Waals surface area contributed by atoms with Gasteiger partial charge in [-0.05, 0) is 60.2 Å². The number of halogens is 6. The van der Waals surface area contributed by atoms with Crippen LogP contribution in [0.4, 0.5) is 32.0 Å². The third-order valence-electron chi connectivity index (χ3n) is 6.01. The highest BCUT2D eigenvalue weighted by Gasteiger charge is 2.36. The van der Waals surface area contributed by atoms with Gasteiger partial charge in [-0.1, -0.05) is 12.1 Å². The average Bonchev–Trinajstić information content (AvgIpc) is 3.33. The summed E-state index contributed by atoms with van der Waals surface area (Å²) in [5, 5.41) is 4.14. The lowest BCUT2D eigenvalue weighted by atomic mass is 9.98. The first-order chi connectivity index (χ1) is 18.1. The topological polar surface area (TPSA) is 50.5 Å². The smallest absolute Gasteiger partial charge is 0.311 e. The van der Waals surface area contributed by atoms with E-state index in [4.69, 9.17) is 0 Å². The zero-order chi connectivity index (χ0) is 27.2. The summed E-state index contributed by atoms with van der Waals surface area (Å²) in [5.74, 6) is -3.70. The summed E-state index contributed by atoms with van der Waals surface area (Å²) in [6.45, 7) is 0. The number of fused-ring (bicyclic) bond motifs is 1. The van der Waals surface area contributed by atoms with Gasteiger partial charge in [-0.25, -0.2) is 22.7 Å². The second-order valence-electron chi connectivity index (χ2n) is 8.32. The van der Waals surface area contributed by atoms with Gasteiger partial charge in [0.15, 0.2) is 17.3 Å². The summed E-state index contributed by atoms with van der Waals surface area (Å²) >= 11 is 0. The molecule has 0 fully saturated rings. The van der Waals surface area contributed by atoms with Crippen molar-refractivity contribution in [3.63, 3.8) is 0 Å². The van der Waals surface area contributed by atoms with E-state index in [0.717, 1.165) is 35.2 Å². The first-order valence-electron chi connectivity index (χ1n) is 11.1. The Balaban J connectivity index is 1.64. The number of carbonyl (C=O) groups excluding carboxylic acids is 1. The summed E-state index contributed by atoms with van der Waals surface area (Å²) in [6, 6.07) is 12.9. The van der Waals surface area contributed by atoms with Gasteiger partial charge in [0, 0.05) is 30.1 Å². The van der Waals surface area contributed by atoms with Gasteiger partial charge in [0.1, 0.15) is 5.82 Å². The van der Waals surface area contributed by atoms with E-state index >= 15 is 0 Å². The Kier molecular flexibility index (Phi) is 6.14. The third-order valence-corrected chi connectivity index (χ3v) is 6.01. The van der Waals surface area contributed by atoms with E-state index in [1.54, 1.807) is 0 Å². The molecule has 0 radical (unpaired) electrons. The van der Waals surface area contributed by atoms with Crippen LogP contribution in [0.2, 0.25) is 0 Å². The van der Waals surface area contributed by atoms with Crippen LogP contribution in [-0.4, -0.2) is 27.6 Å². The molecule has 0 N–H and O–H groups in total. The predicted octanol–water partition coefficient (Wildman–Crippen LogP) is 6.78. The third kappa shape index (κ3) is 4.36. The molecule has 5 aromatic rings. The SMILES string of the molecule is CN(C(=O)c1cc(-c2ccnn3c(-c4cccc(F)c4F)cnc23)ccc1C(F)(F)F)c1ccc(F)cc1. The number of hydrogen-bond donors (Lipinski definition) is 0. The van der Waals surface area contributed by atoms with Gasteiger partial charge >= 0.3 is 6.18 Å². The fourth-order valence-corrected chi connectivity index (χ4v) is 4.10. The van der Waals surface area contributed by atoms with Crippen LogP contribution >= 0.6 is 0 Å². The molecule has 0 atom stereocenters. The number of carbonyl (C=O) groups is 1. The summed E-state index contributed by atoms with van der Waals surface area (Å²) in [7, 11) is 1.28. The predicted molar refractivity (Wildman–Crippen MR) is 128 cm³/mol. The molecule has 0 spiro atoms. The molecule has 3 aromatic carbocycles. The van der Waals surface area contributed by atoms with Gasteiger partial charge in [0.25, 0.3) is 5.91 Å². The first-order valence-corrected chi connectivity index (χ1v) is 11.1. The van der Waals surface area contributed by atoms with Crippen LogP contribution in [0.3, 0.4) is 0 Å². The molecule has 5 nitrogen and oxygen atoms in total. The molecule has 0 aliphatic heterocycles. The van der Waals surface area contributed by atoms with Crippen molar-refractivity contribution in [1.82, 2.24) is 14.6 Å². The first kappa shape index (κ1) is 25.0. The molecule has 2 aromatic heterocycles. The highest BCUT2D eigenvalue weighted by Crippen LogP contribution is 2.36. The van der Waals surface area contributed by atoms with Gasteiger partial charge in [-0.3, -0.25) is 4.79 Å². The lowest BCUT2D eigenvalue weighted by molar-refractivity contribution is -0.137. The van der Waals surface area contributed by atoms with E-state index < -0.39 is 40.7 Å². The number of alkyl halides is 3. The molecule has 5 rings (SSSR count). The van der Waals surface area contributed by atoms with Crippen molar-refractivity contribution in [2.75, 3.05) is 11.9 Å². The summed E-state index contributed by atoms with van der Waals surface area (Å²) in [4.78, 5) is 18.4. The molecule has 0 bridgehead atoms. The number of aromatic nitrogens is 3. The molecule has 0 unspecified atom stereocenters. The van der Waals surface area contributed by atoms with E-state index in [1.165, 1.54) is 60.4 Å². The Morgan fingerprint density at radius 3 is 2.37 bits per heavy atom. The van der Waals surface area contributed by atoms with E-state index in [0.29, 0.717) is 5.56 Å². The molecule has 0 saturated heterocycles. The van der Waals surface area contributed by atoms with Crippen LogP contribution in [0.25, 0.3) is 28.0 Å². The van der Waals surface area contributed by atoms with Crippen molar-refractivity contribution in [2.24, 2.45) is 0 Å². The number of imidazole rings is 1. The lowest BCUT2D eigenvalue weighted by Gasteiger charge is -2.21. The van der Waals surface area contributed by atoms with Crippen molar-refractivity contribution >= 4 is 17.2 Å². The zero-order valence-electron chi connectivity index (χ0n) is 19.5. The van der Waals surface area contributed by atoms with Gasteiger partial charge in [0.05, 0.1) is 23.0 Å². The molecule has 38 heavy (non-hydrogen) atoms. The van der Waals surface area contributed by atoms with Crippen LogP contribution in [0.1, 0.15) is 15.9 Å². The molecule has 0 saturated carbocycles. The quantitative estimate of drug-likeness (QED) is 0.243. The highest BCUT2D eigenvalue weighted by atomic mass is 19.4. The molecule has 0 aliphatic carbocycles. The molecule has 11 heteroatoms. The fourth-order valence-electron chi connectivity index (χ4n) is 4.10. The maximum atomic E-state index is 14.4. The Morgan fingerprint density at radius 2 is 1.66 bits per heavy atom. The Labute approximate surface area is 211 Å². The minimum Gasteiger partial charge on any atom is -0.311 e. The van der Waals surface area contributed by atoms with Crippen LogP contribution in [0.15, 0.2) is 79.1 Å². The maximum Gasteiger partial charge on any atom is 0.417 e. The van der Waals surface area contributed by atoms with Gasteiger partial charge in [-0.15, -0.1) is 0 Å².